The lowest BCUT2D eigenvalue weighted by molar-refractivity contribution is -0.0150. The lowest BCUT2D eigenvalue weighted by Crippen LogP contribution is -2.30. The van der Waals surface area contributed by atoms with Gasteiger partial charge in [-0.3, -0.25) is 4.79 Å². The summed E-state index contributed by atoms with van der Waals surface area (Å²) in [5, 5.41) is 8.80. The highest BCUT2D eigenvalue weighted by Crippen LogP contribution is 2.37. The van der Waals surface area contributed by atoms with Crippen molar-refractivity contribution in [1.82, 2.24) is 4.98 Å². The second-order valence-corrected chi connectivity index (χ2v) is 5.01. The predicted octanol–water partition coefficient (Wildman–Crippen LogP) is 2.09. The van der Waals surface area contributed by atoms with E-state index in [1.165, 1.54) is 0 Å². The van der Waals surface area contributed by atoms with Gasteiger partial charge >= 0.3 is 0 Å². The largest absolute Gasteiger partial charge is 0.375 e. The lowest BCUT2D eigenvalue weighted by atomic mass is 9.90. The highest BCUT2D eigenvalue weighted by atomic mass is 16.5. The number of ether oxygens (including phenoxy) is 1. The van der Waals surface area contributed by atoms with Crippen molar-refractivity contribution in [3.8, 4) is 6.07 Å². The molecule has 3 rings (SSSR count). The van der Waals surface area contributed by atoms with Crippen LogP contribution in [0.25, 0.3) is 0 Å². The van der Waals surface area contributed by atoms with E-state index in [2.05, 4.69) is 4.98 Å². The molecule has 2 aliphatic heterocycles. The zero-order chi connectivity index (χ0) is 12.5. The molecule has 92 valence electrons. The van der Waals surface area contributed by atoms with Crippen molar-refractivity contribution in [1.29, 1.82) is 5.26 Å². The number of fused-ring (bicyclic) bond motifs is 2. The maximum absolute atomic E-state index is 12.4. The molecule has 0 amide bonds. The molecule has 0 N–H and O–H groups in total. The lowest BCUT2D eigenvalue weighted by Gasteiger charge is -2.27. The minimum Gasteiger partial charge on any atom is -0.375 e. The minimum absolute atomic E-state index is 0.0118. The zero-order valence-electron chi connectivity index (χ0n) is 10.0. The molecule has 0 radical (unpaired) electrons. The second kappa shape index (κ2) is 4.51. The van der Waals surface area contributed by atoms with Gasteiger partial charge in [0.2, 0.25) is 0 Å². The number of nitrogens with zero attached hydrogens (tertiary/aromatic N) is 2. The first-order valence-corrected chi connectivity index (χ1v) is 6.33. The van der Waals surface area contributed by atoms with Crippen LogP contribution in [0.4, 0.5) is 0 Å². The van der Waals surface area contributed by atoms with Gasteiger partial charge in [0.15, 0.2) is 5.78 Å². The van der Waals surface area contributed by atoms with Gasteiger partial charge in [0.1, 0.15) is 17.5 Å². The van der Waals surface area contributed by atoms with E-state index in [-0.39, 0.29) is 23.9 Å². The second-order valence-electron chi connectivity index (χ2n) is 5.01. The first-order valence-electron chi connectivity index (χ1n) is 6.33. The average molecular weight is 242 g/mol. The van der Waals surface area contributed by atoms with E-state index in [0.717, 1.165) is 25.7 Å². The summed E-state index contributed by atoms with van der Waals surface area (Å²) in [7, 11) is 0. The van der Waals surface area contributed by atoms with E-state index in [9.17, 15) is 4.79 Å². The summed E-state index contributed by atoms with van der Waals surface area (Å²) < 4.78 is 5.73. The molecule has 0 spiro atoms. The summed E-state index contributed by atoms with van der Waals surface area (Å²) in [5.41, 5.74) is 0.719. The number of nitriles is 1. The molecule has 4 heteroatoms. The number of hydrogen-bond acceptors (Lipinski definition) is 4. The van der Waals surface area contributed by atoms with Crippen LogP contribution in [0.2, 0.25) is 0 Å². The fourth-order valence-corrected chi connectivity index (χ4v) is 2.92. The number of aromatic nitrogens is 1. The number of carbonyl (C=O) groups excluding carboxylic acids is 1. The van der Waals surface area contributed by atoms with E-state index in [0.29, 0.717) is 11.4 Å². The molecule has 2 fully saturated rings. The molecule has 2 saturated heterocycles. The Bertz CT molecular complexity index is 509. The van der Waals surface area contributed by atoms with E-state index in [4.69, 9.17) is 10.00 Å². The fraction of sp³-hybridized carbons (Fsp3) is 0.500. The molecule has 2 bridgehead atoms. The van der Waals surface area contributed by atoms with E-state index in [1.807, 2.05) is 6.07 Å². The van der Waals surface area contributed by atoms with Gasteiger partial charge in [-0.1, -0.05) is 6.07 Å². The third-order valence-corrected chi connectivity index (χ3v) is 3.78. The van der Waals surface area contributed by atoms with Gasteiger partial charge in [-0.05, 0) is 37.8 Å². The van der Waals surface area contributed by atoms with Crippen molar-refractivity contribution in [2.45, 2.75) is 37.9 Å². The molecule has 0 aromatic carbocycles. The van der Waals surface area contributed by atoms with Crippen LogP contribution in [0.3, 0.4) is 0 Å². The smallest absolute Gasteiger partial charge is 0.184 e. The molecular formula is C14H14N2O2. The molecule has 4 nitrogen and oxygen atoms in total. The Kier molecular flexibility index (Phi) is 2.85. The van der Waals surface area contributed by atoms with Crippen LogP contribution >= 0.6 is 0 Å². The van der Waals surface area contributed by atoms with Crippen LogP contribution in [0, 0.1) is 17.2 Å². The number of pyridine rings is 1. The molecule has 0 saturated carbocycles. The summed E-state index contributed by atoms with van der Waals surface area (Å²) in [6, 6.07) is 6.99. The van der Waals surface area contributed by atoms with Gasteiger partial charge in [-0.25, -0.2) is 4.98 Å². The van der Waals surface area contributed by atoms with Gasteiger partial charge in [0.05, 0.1) is 12.2 Å². The maximum atomic E-state index is 12.4. The summed E-state index contributed by atoms with van der Waals surface area (Å²) in [6.45, 7) is 0. The third kappa shape index (κ3) is 2.02. The quantitative estimate of drug-likeness (QED) is 0.745. The van der Waals surface area contributed by atoms with E-state index < -0.39 is 0 Å². The summed E-state index contributed by atoms with van der Waals surface area (Å²) in [4.78, 5) is 16.4. The molecule has 2 aliphatic rings. The maximum Gasteiger partial charge on any atom is 0.184 e. The molecule has 1 aromatic rings. The highest BCUT2D eigenvalue weighted by Gasteiger charge is 2.38. The SMILES string of the molecule is N#Cc1cccc(C(=O)C2CC3CCC(C2)O3)n1. The Balaban J connectivity index is 1.80. The van der Waals surface area contributed by atoms with Crippen molar-refractivity contribution in [2.24, 2.45) is 5.92 Å². The fourth-order valence-electron chi connectivity index (χ4n) is 2.92. The van der Waals surface area contributed by atoms with Gasteiger partial charge in [-0.15, -0.1) is 0 Å². The first-order chi connectivity index (χ1) is 8.76. The molecule has 18 heavy (non-hydrogen) atoms. The molecule has 2 unspecified atom stereocenters. The average Bonchev–Trinajstić information content (AvgIpc) is 2.76. The Hall–Kier alpha value is -1.73. The van der Waals surface area contributed by atoms with Crippen molar-refractivity contribution >= 4 is 5.78 Å². The Morgan fingerprint density at radius 1 is 1.33 bits per heavy atom. The van der Waals surface area contributed by atoms with E-state index in [1.54, 1.807) is 18.2 Å². The van der Waals surface area contributed by atoms with Crippen molar-refractivity contribution in [3.05, 3.63) is 29.6 Å². The first kappa shape index (κ1) is 11.4. The monoisotopic (exact) mass is 242 g/mol. The molecule has 1 aromatic heterocycles. The number of carbonyl (C=O) groups is 1. The van der Waals surface area contributed by atoms with Crippen LogP contribution in [0.1, 0.15) is 41.9 Å². The van der Waals surface area contributed by atoms with Crippen molar-refractivity contribution in [3.63, 3.8) is 0 Å². The summed E-state index contributed by atoms with van der Waals surface area (Å²) >= 11 is 0. The van der Waals surface area contributed by atoms with Gasteiger partial charge < -0.3 is 4.74 Å². The predicted molar refractivity (Wildman–Crippen MR) is 63.9 cm³/mol. The van der Waals surface area contributed by atoms with Crippen LogP contribution in [0.5, 0.6) is 0 Å². The number of Topliss-reactive ketones (excluding diaryl/α,β-unsaturated/α-hetero) is 1. The standard InChI is InChI=1S/C14H14N2O2/c15-8-10-2-1-3-13(16-10)14(17)9-6-11-4-5-12(7-9)18-11/h1-3,9,11-12H,4-7H2. The summed E-state index contributed by atoms with van der Waals surface area (Å²) in [6.07, 6.45) is 4.23. The summed E-state index contributed by atoms with van der Waals surface area (Å²) in [5.74, 6) is 0.0741. The minimum atomic E-state index is 0.0118. The van der Waals surface area contributed by atoms with Crippen LogP contribution in [0.15, 0.2) is 18.2 Å². The molecule has 0 aliphatic carbocycles. The van der Waals surface area contributed by atoms with Gasteiger partial charge in [0, 0.05) is 5.92 Å². The van der Waals surface area contributed by atoms with Crippen molar-refractivity contribution < 1.29 is 9.53 Å². The van der Waals surface area contributed by atoms with Crippen LogP contribution in [-0.4, -0.2) is 23.0 Å². The molecular weight excluding hydrogens is 228 g/mol. The molecule has 2 atom stereocenters. The van der Waals surface area contributed by atoms with Crippen LogP contribution in [-0.2, 0) is 4.74 Å². The van der Waals surface area contributed by atoms with E-state index >= 15 is 0 Å². The topological polar surface area (TPSA) is 63.0 Å². The number of rotatable bonds is 2. The van der Waals surface area contributed by atoms with Gasteiger partial charge in [0.25, 0.3) is 0 Å². The Morgan fingerprint density at radius 3 is 2.72 bits per heavy atom. The van der Waals surface area contributed by atoms with Gasteiger partial charge in [-0.2, -0.15) is 5.26 Å². The third-order valence-electron chi connectivity index (χ3n) is 3.78. The highest BCUT2D eigenvalue weighted by molar-refractivity contribution is 5.96. The number of hydrogen-bond donors (Lipinski definition) is 0. The van der Waals surface area contributed by atoms with Crippen LogP contribution < -0.4 is 0 Å². The van der Waals surface area contributed by atoms with Crippen molar-refractivity contribution in [2.75, 3.05) is 0 Å². The Morgan fingerprint density at radius 2 is 2.06 bits per heavy atom. The Labute approximate surface area is 106 Å². The normalized spacial score (nSPS) is 29.8. The zero-order valence-corrected chi connectivity index (χ0v) is 10.0. The molecule has 3 heterocycles. The number of ketones is 1.